The molecule has 0 aliphatic carbocycles. The molecular formula is C27H56N2O6S. The van der Waals surface area contributed by atoms with Gasteiger partial charge < -0.3 is 19.7 Å². The number of quaternary nitrogens is 1. The van der Waals surface area contributed by atoms with Gasteiger partial charge in [-0.1, -0.05) is 64.0 Å². The predicted octanol–water partition coefficient (Wildman–Crippen LogP) is 5.07. The summed E-state index contributed by atoms with van der Waals surface area (Å²) in [4.78, 5) is 4.19. The Hall–Kier alpha value is -1.00. The van der Waals surface area contributed by atoms with E-state index in [1.807, 2.05) is 0 Å². The molecule has 0 fully saturated rings. The first-order chi connectivity index (χ1) is 17.0. The molecule has 1 atom stereocenters. The van der Waals surface area contributed by atoms with Crippen LogP contribution in [0.1, 0.15) is 111 Å². The SMILES string of the molecule is CCCCCC[C@@H](O)C/C=C\CCCCCCCC([O-])=NCCC[N+](C)(C)CC.CCOS(=O)(=O)O. The molecular weight excluding hydrogens is 480 g/mol. The summed E-state index contributed by atoms with van der Waals surface area (Å²) in [7, 11) is 0.263. The minimum atomic E-state index is -4.17. The molecule has 0 rings (SSSR count). The number of nitrogens with zero attached hydrogens (tertiary/aromatic N) is 2. The molecule has 0 heterocycles. The Morgan fingerprint density at radius 3 is 2.19 bits per heavy atom. The number of rotatable bonds is 22. The van der Waals surface area contributed by atoms with Crippen molar-refractivity contribution in [2.75, 3.05) is 40.3 Å². The lowest BCUT2D eigenvalue weighted by molar-refractivity contribution is -0.888. The van der Waals surface area contributed by atoms with E-state index in [1.165, 1.54) is 45.4 Å². The van der Waals surface area contributed by atoms with Gasteiger partial charge in [0.25, 0.3) is 0 Å². The van der Waals surface area contributed by atoms with Crippen molar-refractivity contribution >= 4 is 16.3 Å². The highest BCUT2D eigenvalue weighted by Gasteiger charge is 2.09. The molecule has 0 saturated heterocycles. The molecule has 0 aromatic heterocycles. The van der Waals surface area contributed by atoms with Gasteiger partial charge in [-0.2, -0.15) is 8.42 Å². The molecule has 0 amide bonds. The van der Waals surface area contributed by atoms with E-state index < -0.39 is 10.4 Å². The van der Waals surface area contributed by atoms with Crippen molar-refractivity contribution in [2.24, 2.45) is 4.99 Å². The van der Waals surface area contributed by atoms with E-state index >= 15 is 0 Å². The van der Waals surface area contributed by atoms with E-state index in [9.17, 15) is 18.6 Å². The molecule has 0 aliphatic rings. The monoisotopic (exact) mass is 536 g/mol. The van der Waals surface area contributed by atoms with E-state index in [4.69, 9.17) is 4.55 Å². The maximum absolute atomic E-state index is 11.8. The lowest BCUT2D eigenvalue weighted by Crippen LogP contribution is -2.40. The van der Waals surface area contributed by atoms with Gasteiger partial charge in [-0.05, 0) is 58.3 Å². The second-order valence-corrected chi connectivity index (χ2v) is 11.0. The molecule has 0 spiro atoms. The van der Waals surface area contributed by atoms with E-state index in [0.717, 1.165) is 62.5 Å². The van der Waals surface area contributed by atoms with Crippen LogP contribution in [0.4, 0.5) is 0 Å². The lowest BCUT2D eigenvalue weighted by atomic mass is 10.1. The van der Waals surface area contributed by atoms with Gasteiger partial charge in [-0.3, -0.25) is 4.55 Å². The maximum Gasteiger partial charge on any atom is 0.397 e. The quantitative estimate of drug-likeness (QED) is 0.0498. The fourth-order valence-corrected chi connectivity index (χ4v) is 3.75. The average Bonchev–Trinajstić information content (AvgIpc) is 2.80. The Balaban J connectivity index is 0. The van der Waals surface area contributed by atoms with Gasteiger partial charge >= 0.3 is 10.4 Å². The minimum absolute atomic E-state index is 0.0289. The highest BCUT2D eigenvalue weighted by atomic mass is 32.3. The van der Waals surface area contributed by atoms with Gasteiger partial charge in [0, 0.05) is 13.0 Å². The summed E-state index contributed by atoms with van der Waals surface area (Å²) in [6.45, 7) is 8.72. The van der Waals surface area contributed by atoms with Crippen molar-refractivity contribution in [3.8, 4) is 0 Å². The Labute approximate surface area is 222 Å². The van der Waals surface area contributed by atoms with E-state index in [2.05, 4.69) is 49.3 Å². The van der Waals surface area contributed by atoms with E-state index in [0.29, 0.717) is 13.0 Å². The van der Waals surface area contributed by atoms with E-state index in [-0.39, 0.29) is 18.6 Å². The fourth-order valence-electron chi connectivity index (χ4n) is 3.45. The second-order valence-electron chi connectivity index (χ2n) is 9.96. The first-order valence-corrected chi connectivity index (χ1v) is 15.3. The van der Waals surface area contributed by atoms with Gasteiger partial charge in [0.15, 0.2) is 0 Å². The van der Waals surface area contributed by atoms with Crippen molar-refractivity contribution in [3.05, 3.63) is 12.2 Å². The molecule has 2 N–H and O–H groups in total. The van der Waals surface area contributed by atoms with Crippen molar-refractivity contribution in [3.63, 3.8) is 0 Å². The summed E-state index contributed by atoms with van der Waals surface area (Å²) >= 11 is 0. The largest absolute Gasteiger partial charge is 0.862 e. The zero-order chi connectivity index (χ0) is 27.7. The highest BCUT2D eigenvalue weighted by molar-refractivity contribution is 7.80. The van der Waals surface area contributed by atoms with Crippen LogP contribution < -0.4 is 5.11 Å². The third kappa shape index (κ3) is 31.0. The molecule has 8 nitrogen and oxygen atoms in total. The average molecular weight is 537 g/mol. The zero-order valence-corrected chi connectivity index (χ0v) is 24.6. The number of hydrogen-bond acceptors (Lipinski definition) is 6. The van der Waals surface area contributed by atoms with Gasteiger partial charge in [-0.25, -0.2) is 4.18 Å². The molecule has 9 heteroatoms. The Bertz CT molecular complexity index is 651. The minimum Gasteiger partial charge on any atom is -0.862 e. The van der Waals surface area contributed by atoms with Crippen molar-refractivity contribution in [2.45, 2.75) is 117 Å². The first-order valence-electron chi connectivity index (χ1n) is 13.9. The summed E-state index contributed by atoms with van der Waals surface area (Å²) in [5, 5.41) is 21.7. The summed E-state index contributed by atoms with van der Waals surface area (Å²) < 4.78 is 31.7. The van der Waals surface area contributed by atoms with Crippen molar-refractivity contribution in [1.82, 2.24) is 0 Å². The maximum atomic E-state index is 11.8. The topological polar surface area (TPSA) is 119 Å². The van der Waals surface area contributed by atoms with Gasteiger partial charge in [0.1, 0.15) is 0 Å². The molecule has 0 saturated carbocycles. The molecule has 0 unspecified atom stereocenters. The van der Waals surface area contributed by atoms with Crippen molar-refractivity contribution in [1.29, 1.82) is 0 Å². The summed E-state index contributed by atoms with van der Waals surface area (Å²) in [6, 6.07) is 0. The van der Waals surface area contributed by atoms with Crippen LogP contribution >= 0.6 is 0 Å². The molecule has 0 bridgehead atoms. The molecule has 0 aromatic carbocycles. The normalized spacial score (nSPS) is 13.6. The first kappa shape index (κ1) is 37.2. The Kier molecular flexibility index (Phi) is 25.1. The number of aliphatic imine (C=N–C) groups is 1. The van der Waals surface area contributed by atoms with Crippen LogP contribution in [0, 0.1) is 0 Å². The Morgan fingerprint density at radius 1 is 0.972 bits per heavy atom. The van der Waals surface area contributed by atoms with Crippen LogP contribution in [-0.2, 0) is 14.6 Å². The number of hydrogen-bond donors (Lipinski definition) is 2. The van der Waals surface area contributed by atoms with Gasteiger partial charge in [-0.15, -0.1) is 0 Å². The fraction of sp³-hybridized carbons (Fsp3) is 0.889. The van der Waals surface area contributed by atoms with Gasteiger partial charge in [0.05, 0.1) is 39.9 Å². The summed E-state index contributed by atoms with van der Waals surface area (Å²) in [6.07, 6.45) is 19.3. The summed E-state index contributed by atoms with van der Waals surface area (Å²) in [5.74, 6) is 0.0861. The smallest absolute Gasteiger partial charge is 0.397 e. The molecule has 0 radical (unpaired) electrons. The van der Waals surface area contributed by atoms with E-state index in [1.54, 1.807) is 0 Å². The van der Waals surface area contributed by atoms with Crippen molar-refractivity contribution < 1.29 is 31.8 Å². The molecule has 36 heavy (non-hydrogen) atoms. The van der Waals surface area contributed by atoms with Crippen LogP contribution in [0.25, 0.3) is 0 Å². The summed E-state index contributed by atoms with van der Waals surface area (Å²) in [5.41, 5.74) is 0. The van der Waals surface area contributed by atoms with Gasteiger partial charge in [0.2, 0.25) is 0 Å². The third-order valence-electron chi connectivity index (χ3n) is 6.06. The number of unbranched alkanes of at least 4 members (excludes halogenated alkanes) is 8. The second kappa shape index (κ2) is 24.3. The predicted molar refractivity (Wildman–Crippen MR) is 148 cm³/mol. The van der Waals surface area contributed by atoms with Crippen LogP contribution in [0.5, 0.6) is 0 Å². The van der Waals surface area contributed by atoms with Crippen LogP contribution in [0.15, 0.2) is 17.1 Å². The Morgan fingerprint density at radius 2 is 1.61 bits per heavy atom. The molecule has 216 valence electrons. The number of aliphatic hydroxyl groups excluding tert-OH is 1. The lowest BCUT2D eigenvalue weighted by Gasteiger charge is -2.27. The van der Waals surface area contributed by atoms with Crippen LogP contribution in [0.2, 0.25) is 0 Å². The van der Waals surface area contributed by atoms with Crippen LogP contribution in [-0.4, -0.2) is 74.9 Å². The highest BCUT2D eigenvalue weighted by Crippen LogP contribution is 2.10. The standard InChI is InChI=1S/C25H50N2O2.C2H6O4S/c1-5-7-8-15-19-24(28)20-16-13-11-9-10-12-14-17-21-25(29)26-22-18-23-27(3,4)6-2;1-2-6-7(3,4)5/h13,16,24,28H,5-12,14-15,17-23H2,1-4H3;2H2,1H3,(H,3,4,5)/b16-13-;/t24-;/m1./s1. The van der Waals surface area contributed by atoms with Crippen LogP contribution in [0.3, 0.4) is 0 Å². The number of aliphatic hydroxyl groups is 1. The molecule has 0 aromatic rings. The third-order valence-corrected chi connectivity index (χ3v) is 6.59. The number of allylic oxidation sites excluding steroid dienone is 1. The molecule has 0 aliphatic heterocycles. The zero-order valence-electron chi connectivity index (χ0n) is 23.8.